The molecule has 1 aromatic heterocycles. The van der Waals surface area contributed by atoms with Crippen LogP contribution < -0.4 is 0 Å². The van der Waals surface area contributed by atoms with Crippen LogP contribution in [0.25, 0.3) is 0 Å². The third-order valence-electron chi connectivity index (χ3n) is 0.681. The molecule has 0 unspecified atom stereocenters. The molecule has 0 radical (unpaired) electrons. The van der Waals surface area contributed by atoms with Crippen molar-refractivity contribution in [2.45, 2.75) is 6.42 Å². The molecule has 1 aromatic rings. The van der Waals surface area contributed by atoms with Gasteiger partial charge in [-0.25, -0.2) is 0 Å². The summed E-state index contributed by atoms with van der Waals surface area (Å²) in [5.41, 5.74) is 0. The zero-order valence-electron chi connectivity index (χ0n) is 6.77. The molecule has 13 heavy (non-hydrogen) atoms. The van der Waals surface area contributed by atoms with Gasteiger partial charge in [-0.1, -0.05) is 6.26 Å². The van der Waals surface area contributed by atoms with Crippen LogP contribution in [0.5, 0.6) is 0 Å². The molecule has 0 amide bonds. The van der Waals surface area contributed by atoms with Gasteiger partial charge in [-0.2, -0.15) is 6.07 Å². The van der Waals surface area contributed by atoms with Crippen molar-refractivity contribution in [3.05, 3.63) is 24.7 Å². The molecule has 6 heteroatoms. The van der Waals surface area contributed by atoms with Crippen LogP contribution in [0.2, 0.25) is 0 Å². The van der Waals surface area contributed by atoms with Crippen LogP contribution in [-0.2, 0) is 36.9 Å². The molecule has 0 aliphatic carbocycles. The molecule has 0 fully saturated rings. The van der Waals surface area contributed by atoms with Crippen molar-refractivity contribution >= 4 is 11.9 Å². The number of hydrogen-bond acceptors (Lipinski definition) is 3. The Kier molecular flexibility index (Phi) is 10.4. The van der Waals surface area contributed by atoms with Crippen molar-refractivity contribution in [2.24, 2.45) is 0 Å². The number of hydrogen-bond donors (Lipinski definition) is 2. The summed E-state index contributed by atoms with van der Waals surface area (Å²) in [6.45, 7) is 0. The van der Waals surface area contributed by atoms with Crippen LogP contribution in [0, 0.1) is 6.26 Å². The van der Waals surface area contributed by atoms with Gasteiger partial charge in [-0.3, -0.25) is 9.59 Å². The van der Waals surface area contributed by atoms with Crippen LogP contribution in [0.4, 0.5) is 0 Å². The summed E-state index contributed by atoms with van der Waals surface area (Å²) in [7, 11) is 0. The van der Waals surface area contributed by atoms with Gasteiger partial charge in [0, 0.05) is 27.3 Å². The summed E-state index contributed by atoms with van der Waals surface area (Å²) in [6, 6.07) is 3.49. The molecule has 0 atom stereocenters. The predicted octanol–water partition coefficient (Wildman–Crippen LogP) is 0.623. The van der Waals surface area contributed by atoms with E-state index in [2.05, 4.69) is 10.7 Å². The summed E-state index contributed by atoms with van der Waals surface area (Å²) in [4.78, 5) is 18.9. The Morgan fingerprint density at radius 1 is 1.31 bits per heavy atom. The van der Waals surface area contributed by atoms with Crippen molar-refractivity contribution in [3.63, 3.8) is 0 Å². The molecule has 5 nitrogen and oxygen atoms in total. The van der Waals surface area contributed by atoms with E-state index in [0.717, 1.165) is 0 Å². The van der Waals surface area contributed by atoms with Crippen molar-refractivity contribution in [1.29, 1.82) is 0 Å². The second kappa shape index (κ2) is 9.23. The van der Waals surface area contributed by atoms with E-state index in [1.54, 1.807) is 18.4 Å². The van der Waals surface area contributed by atoms with E-state index in [1.807, 2.05) is 0 Å². The normalized spacial score (nSPS) is 7.38. The van der Waals surface area contributed by atoms with Crippen molar-refractivity contribution in [1.82, 2.24) is 0 Å². The standard InChI is InChI=1S/C4H3O.C3H4O4.Cd/c1-2-4-5-3-1;4-2(5)1-3(6)7;/h1-3H;1H2,(H,4,5)(H,6,7);/q-1;;. The van der Waals surface area contributed by atoms with Crippen molar-refractivity contribution in [3.8, 4) is 0 Å². The minimum atomic E-state index is -1.31. The average Bonchev–Trinajstić information content (AvgIpc) is 2.36. The Morgan fingerprint density at radius 2 is 1.85 bits per heavy atom. The predicted molar refractivity (Wildman–Crippen MR) is 37.4 cm³/mol. The molecular formula is C7H7CdO5-. The van der Waals surface area contributed by atoms with E-state index in [0.29, 0.717) is 0 Å². The monoisotopic (exact) mass is 285 g/mol. The fourth-order valence-electron chi connectivity index (χ4n) is 0.326. The fourth-order valence-corrected chi connectivity index (χ4v) is 0.326. The smallest absolute Gasteiger partial charge is 0.314 e. The van der Waals surface area contributed by atoms with E-state index < -0.39 is 18.4 Å². The Balaban J connectivity index is 0. The largest absolute Gasteiger partial charge is 0.599 e. The van der Waals surface area contributed by atoms with Crippen molar-refractivity contribution in [2.75, 3.05) is 0 Å². The quantitative estimate of drug-likeness (QED) is 0.472. The van der Waals surface area contributed by atoms with Crippen LogP contribution >= 0.6 is 0 Å². The first-order valence-corrected chi connectivity index (χ1v) is 2.96. The molecule has 0 saturated carbocycles. The molecule has 68 valence electrons. The van der Waals surface area contributed by atoms with Gasteiger partial charge >= 0.3 is 11.9 Å². The second-order valence-electron chi connectivity index (χ2n) is 1.70. The summed E-state index contributed by atoms with van der Waals surface area (Å²) in [5, 5.41) is 15.4. The Morgan fingerprint density at radius 3 is 1.92 bits per heavy atom. The molecule has 0 aromatic carbocycles. The molecule has 1 heterocycles. The fraction of sp³-hybridized carbons (Fsp3) is 0.143. The molecule has 0 saturated heterocycles. The Hall–Kier alpha value is -0.858. The molecule has 0 bridgehead atoms. The maximum atomic E-state index is 9.43. The third kappa shape index (κ3) is 14.0. The SMILES string of the molecule is O=C(O)CC(=O)O.[Cd].[c-]1ccco1. The van der Waals surface area contributed by atoms with Gasteiger partial charge in [0.15, 0.2) is 0 Å². The number of aliphatic carboxylic acids is 2. The van der Waals surface area contributed by atoms with E-state index in [4.69, 9.17) is 10.2 Å². The number of rotatable bonds is 2. The van der Waals surface area contributed by atoms with Gasteiger partial charge in [0.05, 0.1) is 0 Å². The first kappa shape index (κ1) is 14.7. The van der Waals surface area contributed by atoms with Gasteiger partial charge in [0.25, 0.3) is 0 Å². The Bertz CT molecular complexity index is 202. The van der Waals surface area contributed by atoms with E-state index in [1.165, 1.54) is 0 Å². The van der Waals surface area contributed by atoms with Gasteiger partial charge in [-0.05, 0) is 6.26 Å². The number of carboxylic acid groups (broad SMARTS) is 2. The van der Waals surface area contributed by atoms with Crippen LogP contribution in [0.3, 0.4) is 0 Å². The topological polar surface area (TPSA) is 87.7 Å². The first-order chi connectivity index (χ1) is 5.63. The van der Waals surface area contributed by atoms with Crippen LogP contribution in [0.15, 0.2) is 22.8 Å². The van der Waals surface area contributed by atoms with Crippen LogP contribution in [0.1, 0.15) is 6.42 Å². The maximum Gasteiger partial charge on any atom is 0.314 e. The number of furan rings is 1. The molecule has 1 rings (SSSR count). The maximum absolute atomic E-state index is 9.43. The van der Waals surface area contributed by atoms with Gasteiger partial charge in [0.1, 0.15) is 6.42 Å². The zero-order chi connectivity index (χ0) is 9.40. The second-order valence-corrected chi connectivity index (χ2v) is 1.70. The molecule has 2 N–H and O–H groups in total. The summed E-state index contributed by atoms with van der Waals surface area (Å²) >= 11 is 0. The first-order valence-electron chi connectivity index (χ1n) is 2.96. The summed E-state index contributed by atoms with van der Waals surface area (Å²) in [6.07, 6.45) is 3.25. The number of carboxylic acids is 2. The Labute approximate surface area is 94.5 Å². The van der Waals surface area contributed by atoms with E-state index in [9.17, 15) is 9.59 Å². The third-order valence-corrected chi connectivity index (χ3v) is 0.681. The molecule has 0 aliphatic rings. The van der Waals surface area contributed by atoms with Gasteiger partial charge in [-0.15, -0.1) is 6.07 Å². The minimum absolute atomic E-state index is 0. The van der Waals surface area contributed by atoms with E-state index >= 15 is 0 Å². The summed E-state index contributed by atoms with van der Waals surface area (Å²) in [5.74, 6) is -2.62. The molecule has 0 spiro atoms. The summed E-state index contributed by atoms with van der Waals surface area (Å²) < 4.78 is 4.46. The molecule has 0 aliphatic heterocycles. The zero-order valence-corrected chi connectivity index (χ0v) is 10.8. The average molecular weight is 284 g/mol. The van der Waals surface area contributed by atoms with Crippen molar-refractivity contribution < 1.29 is 51.5 Å². The van der Waals surface area contributed by atoms with Crippen LogP contribution in [-0.4, -0.2) is 22.2 Å². The minimum Gasteiger partial charge on any atom is -0.599 e. The number of carbonyl (C=O) groups is 2. The molecular weight excluding hydrogens is 276 g/mol. The van der Waals surface area contributed by atoms with Gasteiger partial charge < -0.3 is 14.6 Å². The van der Waals surface area contributed by atoms with E-state index in [-0.39, 0.29) is 27.3 Å². The van der Waals surface area contributed by atoms with Gasteiger partial charge in [0.2, 0.25) is 0 Å².